The fourth-order valence-electron chi connectivity index (χ4n) is 2.89. The van der Waals surface area contributed by atoms with Gasteiger partial charge in [-0.05, 0) is 52.6 Å². The van der Waals surface area contributed by atoms with E-state index in [4.69, 9.17) is 0 Å². The number of H-pyrrole nitrogens is 1. The van der Waals surface area contributed by atoms with Gasteiger partial charge in [-0.2, -0.15) is 5.10 Å². The highest BCUT2D eigenvalue weighted by molar-refractivity contribution is 9.10. The fourth-order valence-corrected chi connectivity index (χ4v) is 3.23. The highest BCUT2D eigenvalue weighted by atomic mass is 79.9. The molecule has 2 N–H and O–H groups in total. The second kappa shape index (κ2) is 5.49. The summed E-state index contributed by atoms with van der Waals surface area (Å²) in [5.74, 6) is 0.424. The van der Waals surface area contributed by atoms with E-state index in [0.717, 1.165) is 23.0 Å². The molecule has 0 spiro atoms. The maximum absolute atomic E-state index is 11.9. The number of aromatic amines is 1. The number of aromatic nitrogens is 1. The zero-order chi connectivity index (χ0) is 14.0. The lowest BCUT2D eigenvalue weighted by atomic mass is 9.72. The van der Waals surface area contributed by atoms with Crippen molar-refractivity contribution in [2.75, 3.05) is 0 Å². The van der Waals surface area contributed by atoms with Crippen molar-refractivity contribution in [2.45, 2.75) is 40.0 Å². The molecule has 2 rings (SSSR count). The number of nitrogens with one attached hydrogen (secondary N) is 2. The van der Waals surface area contributed by atoms with Gasteiger partial charge in [-0.3, -0.25) is 4.79 Å². The van der Waals surface area contributed by atoms with Gasteiger partial charge in [0.05, 0.1) is 0 Å². The Morgan fingerprint density at radius 3 is 2.89 bits per heavy atom. The van der Waals surface area contributed by atoms with Crippen molar-refractivity contribution in [1.29, 1.82) is 0 Å². The summed E-state index contributed by atoms with van der Waals surface area (Å²) in [4.78, 5) is 14.8. The number of hydrogen-bond acceptors (Lipinski definition) is 2. The SMILES string of the molecule is C[C@H]1C/C(=N\NC(=O)c2cc(Br)c[nH]2)CC(C)(C)C1. The number of nitrogens with zero attached hydrogens (tertiary/aromatic N) is 1. The average molecular weight is 326 g/mol. The number of amides is 1. The quantitative estimate of drug-likeness (QED) is 0.800. The van der Waals surface area contributed by atoms with Gasteiger partial charge < -0.3 is 4.98 Å². The molecule has 1 atom stereocenters. The van der Waals surface area contributed by atoms with Gasteiger partial charge in [-0.15, -0.1) is 0 Å². The summed E-state index contributed by atoms with van der Waals surface area (Å²) in [5, 5.41) is 4.30. The van der Waals surface area contributed by atoms with Crippen LogP contribution in [0.1, 0.15) is 50.5 Å². The Morgan fingerprint density at radius 2 is 2.32 bits per heavy atom. The number of carbonyl (C=O) groups excluding carboxylic acids is 1. The zero-order valence-corrected chi connectivity index (χ0v) is 13.2. The predicted octanol–water partition coefficient (Wildman–Crippen LogP) is 3.71. The standard InChI is InChI=1S/C14H20BrN3O/c1-9-4-11(7-14(2,3)6-9)17-18-13(19)12-5-10(15)8-16-12/h5,8-9,16H,4,6-7H2,1-3H3,(H,18,19)/b17-11+/t9-/m0/s1. The molecule has 1 heterocycles. The van der Waals surface area contributed by atoms with Crippen LogP contribution in [0.3, 0.4) is 0 Å². The van der Waals surface area contributed by atoms with Gasteiger partial charge in [0.15, 0.2) is 0 Å². The van der Waals surface area contributed by atoms with Crippen LogP contribution in [0.25, 0.3) is 0 Å². The number of halogens is 1. The Bertz CT molecular complexity index is 505. The lowest BCUT2D eigenvalue weighted by molar-refractivity contribution is 0.0949. The highest BCUT2D eigenvalue weighted by Crippen LogP contribution is 2.36. The van der Waals surface area contributed by atoms with Gasteiger partial charge in [0, 0.05) is 16.4 Å². The molecule has 0 radical (unpaired) electrons. The molecular weight excluding hydrogens is 306 g/mol. The van der Waals surface area contributed by atoms with E-state index in [-0.39, 0.29) is 11.3 Å². The van der Waals surface area contributed by atoms with E-state index in [1.807, 2.05) is 0 Å². The Kier molecular flexibility index (Phi) is 4.13. The minimum Gasteiger partial charge on any atom is -0.356 e. The summed E-state index contributed by atoms with van der Waals surface area (Å²) >= 11 is 3.30. The minimum absolute atomic E-state index is 0.200. The van der Waals surface area contributed by atoms with Gasteiger partial charge in [0.25, 0.3) is 5.91 Å². The van der Waals surface area contributed by atoms with Crippen molar-refractivity contribution in [3.8, 4) is 0 Å². The van der Waals surface area contributed by atoms with Crippen LogP contribution in [0.5, 0.6) is 0 Å². The summed E-state index contributed by atoms with van der Waals surface area (Å²) in [7, 11) is 0. The lowest BCUT2D eigenvalue weighted by Gasteiger charge is -2.34. The topological polar surface area (TPSA) is 57.2 Å². The number of hydrogen-bond donors (Lipinski definition) is 2. The molecule has 1 aliphatic rings. The van der Waals surface area contributed by atoms with E-state index in [1.165, 1.54) is 6.42 Å². The Balaban J connectivity index is 2.00. The first kappa shape index (κ1) is 14.3. The Labute approximate surface area is 122 Å². The Hall–Kier alpha value is -1.10. The van der Waals surface area contributed by atoms with Gasteiger partial charge in [0.2, 0.25) is 0 Å². The van der Waals surface area contributed by atoms with E-state index in [1.54, 1.807) is 12.3 Å². The normalized spacial score (nSPS) is 24.4. The summed E-state index contributed by atoms with van der Waals surface area (Å²) in [5.41, 5.74) is 4.51. The lowest BCUT2D eigenvalue weighted by Crippen LogP contribution is -2.30. The second-order valence-electron chi connectivity index (χ2n) is 6.20. The molecule has 0 aliphatic heterocycles. The maximum atomic E-state index is 11.9. The number of carbonyl (C=O) groups is 1. The van der Waals surface area contributed by atoms with Crippen molar-refractivity contribution in [1.82, 2.24) is 10.4 Å². The molecule has 1 saturated carbocycles. The van der Waals surface area contributed by atoms with Gasteiger partial charge in [0.1, 0.15) is 5.69 Å². The van der Waals surface area contributed by atoms with Crippen molar-refractivity contribution >= 4 is 27.5 Å². The molecule has 0 unspecified atom stereocenters. The molecule has 1 aromatic rings. The smallest absolute Gasteiger partial charge is 0.287 e. The van der Waals surface area contributed by atoms with Crippen molar-refractivity contribution in [3.63, 3.8) is 0 Å². The summed E-state index contributed by atoms with van der Waals surface area (Å²) in [6.07, 6.45) is 4.86. The molecule has 4 nitrogen and oxygen atoms in total. The van der Waals surface area contributed by atoms with Crippen molar-refractivity contribution < 1.29 is 4.79 Å². The Morgan fingerprint density at radius 1 is 1.58 bits per heavy atom. The predicted molar refractivity (Wildman–Crippen MR) is 80.2 cm³/mol. The van der Waals surface area contributed by atoms with E-state index in [9.17, 15) is 4.79 Å². The monoisotopic (exact) mass is 325 g/mol. The van der Waals surface area contributed by atoms with Crippen molar-refractivity contribution in [2.24, 2.45) is 16.4 Å². The molecule has 1 fully saturated rings. The van der Waals surface area contributed by atoms with Crippen LogP contribution in [0, 0.1) is 11.3 Å². The van der Waals surface area contributed by atoms with E-state index in [2.05, 4.69) is 52.2 Å². The fraction of sp³-hybridized carbons (Fsp3) is 0.571. The second-order valence-corrected chi connectivity index (χ2v) is 7.12. The minimum atomic E-state index is -0.200. The van der Waals surface area contributed by atoms with Crippen LogP contribution < -0.4 is 5.43 Å². The summed E-state index contributed by atoms with van der Waals surface area (Å²) in [6.45, 7) is 6.74. The molecule has 0 bridgehead atoms. The maximum Gasteiger partial charge on any atom is 0.287 e. The van der Waals surface area contributed by atoms with Crippen LogP contribution >= 0.6 is 15.9 Å². The third-order valence-corrected chi connectivity index (χ3v) is 3.83. The molecule has 1 aliphatic carbocycles. The third kappa shape index (κ3) is 3.93. The van der Waals surface area contributed by atoms with E-state index < -0.39 is 0 Å². The number of hydrazone groups is 1. The van der Waals surface area contributed by atoms with E-state index in [0.29, 0.717) is 11.6 Å². The molecule has 104 valence electrons. The largest absolute Gasteiger partial charge is 0.356 e. The van der Waals surface area contributed by atoms with Crippen LogP contribution in [0.4, 0.5) is 0 Å². The van der Waals surface area contributed by atoms with Crippen LogP contribution in [-0.2, 0) is 0 Å². The van der Waals surface area contributed by atoms with Gasteiger partial charge >= 0.3 is 0 Å². The molecule has 1 amide bonds. The first-order chi connectivity index (χ1) is 8.85. The van der Waals surface area contributed by atoms with E-state index >= 15 is 0 Å². The summed E-state index contributed by atoms with van der Waals surface area (Å²) < 4.78 is 0.859. The first-order valence-corrected chi connectivity index (χ1v) is 7.35. The van der Waals surface area contributed by atoms with Gasteiger partial charge in [-0.1, -0.05) is 20.8 Å². The molecule has 1 aromatic heterocycles. The molecule has 5 heteroatoms. The average Bonchev–Trinajstić information content (AvgIpc) is 2.70. The van der Waals surface area contributed by atoms with Crippen LogP contribution in [0.15, 0.2) is 21.8 Å². The zero-order valence-electron chi connectivity index (χ0n) is 11.6. The molecule has 0 aromatic carbocycles. The molecule has 19 heavy (non-hydrogen) atoms. The molecular formula is C14H20BrN3O. The first-order valence-electron chi connectivity index (χ1n) is 6.55. The van der Waals surface area contributed by atoms with Crippen LogP contribution in [0.2, 0.25) is 0 Å². The molecule has 0 saturated heterocycles. The third-order valence-electron chi connectivity index (χ3n) is 3.38. The summed E-state index contributed by atoms with van der Waals surface area (Å²) in [6, 6.07) is 1.74. The van der Waals surface area contributed by atoms with Crippen molar-refractivity contribution in [3.05, 3.63) is 22.4 Å². The number of rotatable bonds is 2. The highest BCUT2D eigenvalue weighted by Gasteiger charge is 2.29. The van der Waals surface area contributed by atoms with Gasteiger partial charge in [-0.25, -0.2) is 5.43 Å². The van der Waals surface area contributed by atoms with Crippen LogP contribution in [-0.4, -0.2) is 16.6 Å².